The molecule has 0 saturated carbocycles. The molecule has 0 aliphatic carbocycles. The number of quaternary nitrogens is 1. The molecule has 0 aromatic carbocycles. The summed E-state index contributed by atoms with van der Waals surface area (Å²) in [7, 11) is 4.11. The fourth-order valence-electron chi connectivity index (χ4n) is 1.16. The smallest absolute Gasteiger partial charge is 0.337 e. The fraction of sp³-hybridized carbons (Fsp3) is 0.727. The van der Waals surface area contributed by atoms with Crippen molar-refractivity contribution in [1.82, 2.24) is 0 Å². The Morgan fingerprint density at radius 3 is 2.36 bits per heavy atom. The van der Waals surface area contributed by atoms with Crippen molar-refractivity contribution in [1.29, 1.82) is 0 Å². The van der Waals surface area contributed by atoms with E-state index in [0.29, 0.717) is 10.1 Å². The summed E-state index contributed by atoms with van der Waals surface area (Å²) in [5.41, 5.74) is 0.452. The van der Waals surface area contributed by atoms with Crippen LogP contribution in [-0.2, 0) is 9.53 Å². The Morgan fingerprint density at radius 2 is 2.00 bits per heavy atom. The Bertz CT molecular complexity index is 221. The Labute approximate surface area is 86.9 Å². The van der Waals surface area contributed by atoms with Gasteiger partial charge in [-0.2, -0.15) is 0 Å². The number of ether oxygens (including phenoxy) is 1. The number of hydrogen-bond acceptors (Lipinski definition) is 2. The van der Waals surface area contributed by atoms with Crippen molar-refractivity contribution in [2.45, 2.75) is 33.4 Å². The Hall–Kier alpha value is -0.830. The summed E-state index contributed by atoms with van der Waals surface area (Å²) in [5.74, 6) is -0.306. The number of carbonyl (C=O) groups is 1. The molecule has 0 aromatic rings. The zero-order chi connectivity index (χ0) is 11.4. The van der Waals surface area contributed by atoms with E-state index < -0.39 is 0 Å². The lowest BCUT2D eigenvalue weighted by molar-refractivity contribution is -0.932. The number of rotatable bonds is 5. The molecule has 0 N–H and O–H groups in total. The maximum Gasteiger partial charge on any atom is 0.337 e. The van der Waals surface area contributed by atoms with E-state index in [1.54, 1.807) is 6.92 Å². The summed E-state index contributed by atoms with van der Waals surface area (Å²) in [6.45, 7) is 10.2. The highest BCUT2D eigenvalue weighted by Crippen LogP contribution is 2.10. The van der Waals surface area contributed by atoms with Gasteiger partial charge in [0.25, 0.3) is 0 Å². The standard InChI is InChI=1S/C11H22NO2/c1-7-8-12(5,6)10(4)14-11(13)9(2)3/h10H,2,7-8H2,1,3-6H3/q+1. The van der Waals surface area contributed by atoms with Crippen LogP contribution in [0.15, 0.2) is 12.2 Å². The third kappa shape index (κ3) is 3.92. The summed E-state index contributed by atoms with van der Waals surface area (Å²) in [4.78, 5) is 11.3. The molecule has 0 aromatic heterocycles. The van der Waals surface area contributed by atoms with Crippen molar-refractivity contribution < 1.29 is 14.0 Å². The van der Waals surface area contributed by atoms with Crippen LogP contribution in [0.3, 0.4) is 0 Å². The molecule has 1 unspecified atom stereocenters. The van der Waals surface area contributed by atoms with Crippen molar-refractivity contribution in [3.8, 4) is 0 Å². The molecule has 3 heteroatoms. The monoisotopic (exact) mass is 200 g/mol. The molecule has 82 valence electrons. The van der Waals surface area contributed by atoms with Crippen molar-refractivity contribution in [2.24, 2.45) is 0 Å². The molecular formula is C11H22NO2+. The van der Waals surface area contributed by atoms with Crippen LogP contribution >= 0.6 is 0 Å². The van der Waals surface area contributed by atoms with E-state index in [9.17, 15) is 4.79 Å². The van der Waals surface area contributed by atoms with E-state index in [0.717, 1.165) is 13.0 Å². The van der Waals surface area contributed by atoms with E-state index in [2.05, 4.69) is 27.6 Å². The molecule has 0 fully saturated rings. The number of esters is 1. The summed E-state index contributed by atoms with van der Waals surface area (Å²) >= 11 is 0. The van der Waals surface area contributed by atoms with E-state index in [1.807, 2.05) is 6.92 Å². The van der Waals surface area contributed by atoms with E-state index in [4.69, 9.17) is 4.74 Å². The second-order valence-corrected chi connectivity index (χ2v) is 4.29. The molecule has 0 rings (SSSR count). The lowest BCUT2D eigenvalue weighted by atomic mass is 10.3. The van der Waals surface area contributed by atoms with Gasteiger partial charge in [-0.1, -0.05) is 13.5 Å². The van der Waals surface area contributed by atoms with Gasteiger partial charge in [-0.3, -0.25) is 4.48 Å². The molecule has 1 atom stereocenters. The predicted octanol–water partition coefficient (Wildman–Crippen LogP) is 1.94. The van der Waals surface area contributed by atoms with E-state index in [-0.39, 0.29) is 12.2 Å². The number of carbonyl (C=O) groups excluding carboxylic acids is 1. The lowest BCUT2D eigenvalue weighted by Gasteiger charge is -2.34. The molecule has 0 bridgehead atoms. The molecule has 0 aliphatic rings. The van der Waals surface area contributed by atoms with Crippen LogP contribution in [-0.4, -0.2) is 37.3 Å². The maximum atomic E-state index is 11.3. The molecule has 0 amide bonds. The van der Waals surface area contributed by atoms with Gasteiger partial charge >= 0.3 is 5.97 Å². The highest BCUT2D eigenvalue weighted by molar-refractivity contribution is 5.86. The average molecular weight is 200 g/mol. The van der Waals surface area contributed by atoms with Gasteiger partial charge in [-0.05, 0) is 13.3 Å². The first-order chi connectivity index (χ1) is 6.31. The van der Waals surface area contributed by atoms with Gasteiger partial charge in [0.15, 0.2) is 0 Å². The Morgan fingerprint density at radius 1 is 1.50 bits per heavy atom. The van der Waals surface area contributed by atoms with Crippen molar-refractivity contribution in [3.05, 3.63) is 12.2 Å². The summed E-state index contributed by atoms with van der Waals surface area (Å²) < 4.78 is 5.95. The topological polar surface area (TPSA) is 26.3 Å². The largest absolute Gasteiger partial charge is 0.409 e. The molecule has 0 saturated heterocycles. The third-order valence-corrected chi connectivity index (χ3v) is 2.41. The molecule has 0 spiro atoms. The Balaban J connectivity index is 4.26. The van der Waals surface area contributed by atoms with Gasteiger partial charge < -0.3 is 4.74 Å². The summed E-state index contributed by atoms with van der Waals surface area (Å²) in [6.07, 6.45) is 0.946. The van der Waals surface area contributed by atoms with Crippen LogP contribution < -0.4 is 0 Å². The van der Waals surface area contributed by atoms with Crippen LogP contribution in [0.2, 0.25) is 0 Å². The molecule has 0 aliphatic heterocycles. The summed E-state index contributed by atoms with van der Waals surface area (Å²) in [5, 5.41) is 0. The highest BCUT2D eigenvalue weighted by Gasteiger charge is 2.26. The van der Waals surface area contributed by atoms with Crippen molar-refractivity contribution in [3.63, 3.8) is 0 Å². The molecule has 14 heavy (non-hydrogen) atoms. The number of hydrogen-bond donors (Lipinski definition) is 0. The van der Waals surface area contributed by atoms with Gasteiger partial charge in [0.1, 0.15) is 0 Å². The van der Waals surface area contributed by atoms with Crippen molar-refractivity contribution >= 4 is 5.97 Å². The Kier molecular flexibility index (Phi) is 4.85. The molecular weight excluding hydrogens is 178 g/mol. The molecule has 0 heterocycles. The zero-order valence-corrected chi connectivity index (χ0v) is 9.96. The average Bonchev–Trinajstić information content (AvgIpc) is 2.03. The van der Waals surface area contributed by atoms with E-state index in [1.165, 1.54) is 0 Å². The zero-order valence-electron chi connectivity index (χ0n) is 9.96. The van der Waals surface area contributed by atoms with Crippen LogP contribution in [0, 0.1) is 0 Å². The van der Waals surface area contributed by atoms with Crippen LogP contribution in [0.4, 0.5) is 0 Å². The normalized spacial score (nSPS) is 13.5. The maximum absolute atomic E-state index is 11.3. The minimum atomic E-state index is -0.306. The second-order valence-electron chi connectivity index (χ2n) is 4.29. The first kappa shape index (κ1) is 13.2. The van der Waals surface area contributed by atoms with Gasteiger partial charge in [0.05, 0.1) is 20.6 Å². The van der Waals surface area contributed by atoms with Crippen molar-refractivity contribution in [2.75, 3.05) is 20.6 Å². The molecule has 3 nitrogen and oxygen atoms in total. The third-order valence-electron chi connectivity index (χ3n) is 2.41. The highest BCUT2D eigenvalue weighted by atomic mass is 16.6. The quantitative estimate of drug-likeness (QED) is 0.293. The van der Waals surface area contributed by atoms with Crippen LogP contribution in [0.5, 0.6) is 0 Å². The minimum absolute atomic E-state index is 0.126. The second kappa shape index (κ2) is 5.15. The fourth-order valence-corrected chi connectivity index (χ4v) is 1.16. The lowest BCUT2D eigenvalue weighted by Crippen LogP contribution is -2.49. The van der Waals surface area contributed by atoms with Gasteiger partial charge in [-0.25, -0.2) is 4.79 Å². The predicted molar refractivity (Wildman–Crippen MR) is 57.6 cm³/mol. The van der Waals surface area contributed by atoms with Crippen LogP contribution in [0.25, 0.3) is 0 Å². The van der Waals surface area contributed by atoms with E-state index >= 15 is 0 Å². The summed E-state index contributed by atoms with van der Waals surface area (Å²) in [6, 6.07) is 0. The first-order valence-electron chi connectivity index (χ1n) is 5.00. The number of nitrogens with zero attached hydrogens (tertiary/aromatic N) is 1. The van der Waals surface area contributed by atoms with Gasteiger partial charge in [0.2, 0.25) is 6.23 Å². The van der Waals surface area contributed by atoms with Gasteiger partial charge in [-0.15, -0.1) is 0 Å². The van der Waals surface area contributed by atoms with Gasteiger partial charge in [0, 0.05) is 12.5 Å². The first-order valence-corrected chi connectivity index (χ1v) is 5.00. The minimum Gasteiger partial charge on any atom is -0.409 e. The SMILES string of the molecule is C=C(C)C(=O)OC(C)[N+](C)(C)CCC. The molecule has 0 radical (unpaired) electrons. The van der Waals surface area contributed by atoms with Crippen LogP contribution in [0.1, 0.15) is 27.2 Å².